The van der Waals surface area contributed by atoms with Crippen molar-refractivity contribution < 1.29 is 13.9 Å². The van der Waals surface area contributed by atoms with Crippen molar-refractivity contribution in [3.63, 3.8) is 0 Å². The number of hydrogen-bond acceptors (Lipinski definition) is 4. The van der Waals surface area contributed by atoms with E-state index >= 15 is 0 Å². The molecule has 0 fully saturated rings. The first kappa shape index (κ1) is 24.2. The molecule has 1 amide bonds. The lowest BCUT2D eigenvalue weighted by Gasteiger charge is -2.18. The molecule has 0 aliphatic carbocycles. The number of benzene rings is 3. The summed E-state index contributed by atoms with van der Waals surface area (Å²) in [6.45, 7) is 6.54. The Labute approximate surface area is 215 Å². The van der Waals surface area contributed by atoms with Gasteiger partial charge in [0.2, 0.25) is 11.8 Å². The Morgan fingerprint density at radius 2 is 1.79 bits per heavy atom. The van der Waals surface area contributed by atoms with Gasteiger partial charge in [0.1, 0.15) is 11.3 Å². The Bertz CT molecular complexity index is 1380. The molecule has 0 atom stereocenters. The van der Waals surface area contributed by atoms with Crippen LogP contribution in [0.25, 0.3) is 28.6 Å². The first-order chi connectivity index (χ1) is 16.1. The van der Waals surface area contributed by atoms with E-state index in [1.54, 1.807) is 25.3 Å². The van der Waals surface area contributed by atoms with E-state index in [0.29, 0.717) is 28.4 Å². The van der Waals surface area contributed by atoms with Crippen LogP contribution < -0.4 is 10.1 Å². The maximum atomic E-state index is 12.5. The molecule has 4 rings (SSSR count). The number of ether oxygens (including phenoxy) is 1. The van der Waals surface area contributed by atoms with Crippen LogP contribution in [0, 0.1) is 0 Å². The van der Waals surface area contributed by atoms with Crippen LogP contribution in [0.4, 0.5) is 5.69 Å². The summed E-state index contributed by atoms with van der Waals surface area (Å²) < 4.78 is 13.0. The fourth-order valence-corrected chi connectivity index (χ4v) is 4.93. The van der Waals surface area contributed by atoms with E-state index in [4.69, 9.17) is 9.15 Å². The van der Waals surface area contributed by atoms with Crippen LogP contribution in [0.5, 0.6) is 5.75 Å². The molecule has 4 aromatic rings. The van der Waals surface area contributed by atoms with Gasteiger partial charge in [-0.3, -0.25) is 4.79 Å². The van der Waals surface area contributed by atoms with Crippen LogP contribution in [-0.4, -0.2) is 18.0 Å². The van der Waals surface area contributed by atoms with Gasteiger partial charge in [0, 0.05) is 27.4 Å². The SMILES string of the molecule is COc1c(Br)cc(Br)cc1/C=C/C(=O)Nc1ccc2oc(-c3ccc(C(C)(C)C)cc3)nc2c1. The third-order valence-corrected chi connectivity index (χ3v) is 6.36. The number of hydrogen-bond donors (Lipinski definition) is 1. The molecule has 174 valence electrons. The Morgan fingerprint density at radius 3 is 2.47 bits per heavy atom. The maximum Gasteiger partial charge on any atom is 0.248 e. The molecule has 0 saturated carbocycles. The van der Waals surface area contributed by atoms with Gasteiger partial charge in [-0.15, -0.1) is 0 Å². The Morgan fingerprint density at radius 1 is 1.06 bits per heavy atom. The van der Waals surface area contributed by atoms with Crippen LogP contribution in [0.15, 0.2) is 74.0 Å². The fraction of sp³-hybridized carbons (Fsp3) is 0.185. The zero-order valence-corrected chi connectivity index (χ0v) is 22.5. The van der Waals surface area contributed by atoms with Crippen molar-refractivity contribution in [3.05, 3.63) is 80.7 Å². The van der Waals surface area contributed by atoms with Crippen molar-refractivity contribution in [2.75, 3.05) is 12.4 Å². The second-order valence-electron chi connectivity index (χ2n) is 8.86. The predicted molar refractivity (Wildman–Crippen MR) is 144 cm³/mol. The van der Waals surface area contributed by atoms with E-state index in [9.17, 15) is 4.79 Å². The summed E-state index contributed by atoms with van der Waals surface area (Å²) >= 11 is 6.92. The van der Waals surface area contributed by atoms with Crippen LogP contribution in [0.3, 0.4) is 0 Å². The minimum atomic E-state index is -0.265. The molecule has 7 heteroatoms. The highest BCUT2D eigenvalue weighted by Crippen LogP contribution is 2.33. The minimum Gasteiger partial charge on any atom is -0.495 e. The number of oxazole rings is 1. The number of amides is 1. The molecule has 0 radical (unpaired) electrons. The highest BCUT2D eigenvalue weighted by molar-refractivity contribution is 9.11. The second-order valence-corrected chi connectivity index (χ2v) is 10.6. The molecule has 0 unspecified atom stereocenters. The van der Waals surface area contributed by atoms with E-state index in [1.165, 1.54) is 11.6 Å². The van der Waals surface area contributed by atoms with Gasteiger partial charge in [-0.2, -0.15) is 0 Å². The normalized spacial score (nSPS) is 11.8. The van der Waals surface area contributed by atoms with Crippen molar-refractivity contribution in [3.8, 4) is 17.2 Å². The highest BCUT2D eigenvalue weighted by atomic mass is 79.9. The number of anilines is 1. The van der Waals surface area contributed by atoms with Crippen molar-refractivity contribution >= 4 is 60.6 Å². The number of rotatable bonds is 5. The number of nitrogens with zero attached hydrogens (tertiary/aromatic N) is 1. The number of carbonyl (C=O) groups excluding carboxylic acids is 1. The van der Waals surface area contributed by atoms with Crippen LogP contribution in [-0.2, 0) is 10.2 Å². The van der Waals surface area contributed by atoms with Gasteiger partial charge in [-0.1, -0.05) is 48.8 Å². The quantitative estimate of drug-likeness (QED) is 0.242. The van der Waals surface area contributed by atoms with Crippen molar-refractivity contribution in [2.45, 2.75) is 26.2 Å². The zero-order chi connectivity index (χ0) is 24.5. The predicted octanol–water partition coefficient (Wildman–Crippen LogP) is 7.98. The number of aromatic nitrogens is 1. The summed E-state index contributed by atoms with van der Waals surface area (Å²) in [6.07, 6.45) is 3.17. The van der Waals surface area contributed by atoms with Crippen LogP contribution >= 0.6 is 31.9 Å². The smallest absolute Gasteiger partial charge is 0.248 e. The molecule has 1 N–H and O–H groups in total. The van der Waals surface area contributed by atoms with Crippen molar-refractivity contribution in [2.24, 2.45) is 0 Å². The molecule has 34 heavy (non-hydrogen) atoms. The molecule has 0 bridgehead atoms. The topological polar surface area (TPSA) is 64.4 Å². The Hall–Kier alpha value is -2.90. The third-order valence-electron chi connectivity index (χ3n) is 5.31. The third kappa shape index (κ3) is 5.42. The lowest BCUT2D eigenvalue weighted by Crippen LogP contribution is -2.10. The summed E-state index contributed by atoms with van der Waals surface area (Å²) in [4.78, 5) is 17.1. The fourth-order valence-electron chi connectivity index (χ4n) is 3.51. The van der Waals surface area contributed by atoms with E-state index in [-0.39, 0.29) is 11.3 Å². The van der Waals surface area contributed by atoms with Crippen LogP contribution in [0.2, 0.25) is 0 Å². The first-order valence-corrected chi connectivity index (χ1v) is 12.3. The van der Waals surface area contributed by atoms with E-state index in [1.807, 2.05) is 30.3 Å². The largest absolute Gasteiger partial charge is 0.495 e. The van der Waals surface area contributed by atoms with E-state index in [0.717, 1.165) is 20.1 Å². The summed E-state index contributed by atoms with van der Waals surface area (Å²) in [7, 11) is 1.59. The van der Waals surface area contributed by atoms with Gasteiger partial charge in [0.05, 0.1) is 11.6 Å². The van der Waals surface area contributed by atoms with Gasteiger partial charge in [0.15, 0.2) is 5.58 Å². The molecule has 0 saturated heterocycles. The number of fused-ring (bicyclic) bond motifs is 1. The van der Waals surface area contributed by atoms with Gasteiger partial charge >= 0.3 is 0 Å². The van der Waals surface area contributed by atoms with E-state index in [2.05, 4.69) is 75.1 Å². The average Bonchev–Trinajstić information content (AvgIpc) is 3.20. The molecule has 3 aromatic carbocycles. The van der Waals surface area contributed by atoms with Crippen molar-refractivity contribution in [1.29, 1.82) is 0 Å². The summed E-state index contributed by atoms with van der Waals surface area (Å²) in [5.41, 5.74) is 4.98. The molecule has 0 spiro atoms. The molecule has 0 aliphatic heterocycles. The lowest BCUT2D eigenvalue weighted by molar-refractivity contribution is -0.111. The van der Waals surface area contributed by atoms with Crippen molar-refractivity contribution in [1.82, 2.24) is 4.98 Å². The number of methoxy groups -OCH3 is 1. The summed E-state index contributed by atoms with van der Waals surface area (Å²) in [5, 5.41) is 2.87. The minimum absolute atomic E-state index is 0.0834. The number of carbonyl (C=O) groups is 1. The molecular weight excluding hydrogens is 560 g/mol. The van der Waals surface area contributed by atoms with Crippen LogP contribution in [0.1, 0.15) is 31.9 Å². The average molecular weight is 584 g/mol. The Balaban J connectivity index is 1.51. The standard InChI is InChI=1S/C27H24Br2N2O3/c1-27(2,3)18-8-5-16(6-9-18)26-31-22-15-20(10-11-23(22)34-26)30-24(32)12-7-17-13-19(28)14-21(29)25(17)33-4/h5-15H,1-4H3,(H,30,32)/b12-7+. The molecule has 0 aliphatic rings. The monoisotopic (exact) mass is 582 g/mol. The number of nitrogens with one attached hydrogen (secondary N) is 1. The molecule has 1 aromatic heterocycles. The number of halogens is 2. The summed E-state index contributed by atoms with van der Waals surface area (Å²) in [5.74, 6) is 0.935. The second kappa shape index (κ2) is 9.76. The highest BCUT2D eigenvalue weighted by Gasteiger charge is 2.15. The molecule has 5 nitrogen and oxygen atoms in total. The van der Waals surface area contributed by atoms with E-state index < -0.39 is 0 Å². The van der Waals surface area contributed by atoms with Gasteiger partial charge in [-0.25, -0.2) is 4.98 Å². The first-order valence-electron chi connectivity index (χ1n) is 10.7. The molecular formula is C27H24Br2N2O3. The molecule has 1 heterocycles. The lowest BCUT2D eigenvalue weighted by atomic mass is 9.87. The Kier molecular flexibility index (Phi) is 6.96. The van der Waals surface area contributed by atoms with Gasteiger partial charge in [-0.05, 0) is 75.4 Å². The maximum absolute atomic E-state index is 12.5. The summed E-state index contributed by atoms with van der Waals surface area (Å²) in [6, 6.07) is 17.4. The van der Waals surface area contributed by atoms with Gasteiger partial charge < -0.3 is 14.5 Å². The van der Waals surface area contributed by atoms with Gasteiger partial charge in [0.25, 0.3) is 0 Å². The zero-order valence-electron chi connectivity index (χ0n) is 19.3.